The van der Waals surface area contributed by atoms with Crippen LogP contribution in [0, 0.1) is 0 Å². The molecular formula is C6H9KO4S. The van der Waals surface area contributed by atoms with Gasteiger partial charge < -0.3 is 4.55 Å². The molecule has 0 aliphatic heterocycles. The van der Waals surface area contributed by atoms with E-state index in [2.05, 4.69) is 0 Å². The second kappa shape index (κ2) is 5.19. The van der Waals surface area contributed by atoms with Crippen molar-refractivity contribution in [2.75, 3.05) is 0 Å². The van der Waals surface area contributed by atoms with Crippen LogP contribution in [0.15, 0.2) is 0 Å². The van der Waals surface area contributed by atoms with Crippen LogP contribution in [0.25, 0.3) is 0 Å². The van der Waals surface area contributed by atoms with Crippen LogP contribution in [-0.2, 0) is 14.9 Å². The molecule has 1 saturated carbocycles. The molecule has 0 heterocycles. The van der Waals surface area contributed by atoms with E-state index >= 15 is 0 Å². The zero-order valence-electron chi connectivity index (χ0n) is 6.95. The van der Waals surface area contributed by atoms with Crippen LogP contribution in [0.3, 0.4) is 0 Å². The van der Waals surface area contributed by atoms with Crippen LogP contribution in [0.1, 0.15) is 25.7 Å². The van der Waals surface area contributed by atoms with Crippen LogP contribution in [-0.4, -0.2) is 24.0 Å². The Labute approximate surface area is 114 Å². The summed E-state index contributed by atoms with van der Waals surface area (Å²) < 4.78 is 31.3. The summed E-state index contributed by atoms with van der Waals surface area (Å²) in [5, 5.41) is -1.25. The van der Waals surface area contributed by atoms with E-state index in [-0.39, 0.29) is 64.2 Å². The summed E-state index contributed by atoms with van der Waals surface area (Å²) in [6, 6.07) is 0. The van der Waals surface area contributed by atoms with Crippen molar-refractivity contribution in [3.63, 3.8) is 0 Å². The standard InChI is InChI=1S/C6H10O4S.K/c7-5-3-1-2-4-6(5)11(8,9)10;/h6H,1-4H2,(H,8,9,10);/q;+1/p-1. The van der Waals surface area contributed by atoms with Crippen molar-refractivity contribution in [2.45, 2.75) is 30.9 Å². The van der Waals surface area contributed by atoms with Crippen LogP contribution in [0.5, 0.6) is 0 Å². The molecule has 1 unspecified atom stereocenters. The fraction of sp³-hybridized carbons (Fsp3) is 0.833. The topological polar surface area (TPSA) is 74.3 Å². The van der Waals surface area contributed by atoms with Gasteiger partial charge in [0.1, 0.15) is 21.2 Å². The smallest absolute Gasteiger partial charge is 0.747 e. The van der Waals surface area contributed by atoms with Crippen molar-refractivity contribution in [1.29, 1.82) is 0 Å². The molecule has 6 heteroatoms. The second-order valence-corrected chi connectivity index (χ2v) is 4.25. The molecule has 12 heavy (non-hydrogen) atoms. The molecule has 0 saturated heterocycles. The van der Waals surface area contributed by atoms with Crippen molar-refractivity contribution >= 4 is 15.9 Å². The molecule has 0 bridgehead atoms. The zero-order chi connectivity index (χ0) is 8.48. The number of rotatable bonds is 1. The zero-order valence-corrected chi connectivity index (χ0v) is 10.9. The van der Waals surface area contributed by atoms with Gasteiger partial charge in [-0.1, -0.05) is 6.42 Å². The maximum atomic E-state index is 10.9. The number of Topliss-reactive ketones (excluding diaryl/α,β-unsaturated/α-hetero) is 1. The average molecular weight is 216 g/mol. The van der Waals surface area contributed by atoms with Gasteiger partial charge in [-0.05, 0) is 12.8 Å². The van der Waals surface area contributed by atoms with Crippen LogP contribution >= 0.6 is 0 Å². The number of hydrogen-bond acceptors (Lipinski definition) is 4. The summed E-state index contributed by atoms with van der Waals surface area (Å²) in [6.45, 7) is 0. The fourth-order valence-corrected chi connectivity index (χ4v) is 2.15. The Kier molecular flexibility index (Phi) is 5.71. The predicted molar refractivity (Wildman–Crippen MR) is 37.0 cm³/mol. The second-order valence-electron chi connectivity index (χ2n) is 2.69. The molecule has 1 fully saturated rings. The Balaban J connectivity index is 0.00000121. The molecule has 1 aliphatic rings. The van der Waals surface area contributed by atoms with Crippen LogP contribution < -0.4 is 51.4 Å². The Morgan fingerprint density at radius 1 is 1.33 bits per heavy atom. The number of ketones is 1. The van der Waals surface area contributed by atoms with Gasteiger partial charge in [0.25, 0.3) is 0 Å². The van der Waals surface area contributed by atoms with Gasteiger partial charge in [-0.15, -0.1) is 0 Å². The van der Waals surface area contributed by atoms with Crippen LogP contribution in [0.4, 0.5) is 0 Å². The van der Waals surface area contributed by atoms with Crippen molar-refractivity contribution < 1.29 is 69.1 Å². The third-order valence-electron chi connectivity index (χ3n) is 1.85. The maximum absolute atomic E-state index is 10.9. The van der Waals surface area contributed by atoms with Crippen molar-refractivity contribution in [3.05, 3.63) is 0 Å². The molecule has 0 aromatic rings. The summed E-state index contributed by atoms with van der Waals surface area (Å²) >= 11 is 0. The largest absolute Gasteiger partial charge is 1.00 e. The van der Waals surface area contributed by atoms with Gasteiger partial charge in [0, 0.05) is 6.42 Å². The number of carbonyl (C=O) groups excluding carboxylic acids is 1. The Bertz CT molecular complexity index is 259. The van der Waals surface area contributed by atoms with E-state index in [0.29, 0.717) is 12.8 Å². The molecule has 1 aliphatic carbocycles. The molecule has 0 aromatic heterocycles. The van der Waals surface area contributed by atoms with E-state index in [1.54, 1.807) is 0 Å². The minimum absolute atomic E-state index is 0. The van der Waals surface area contributed by atoms with Gasteiger partial charge >= 0.3 is 51.4 Å². The maximum Gasteiger partial charge on any atom is 1.00 e. The van der Waals surface area contributed by atoms with E-state index in [1.165, 1.54) is 0 Å². The van der Waals surface area contributed by atoms with E-state index in [9.17, 15) is 17.8 Å². The molecule has 0 amide bonds. The summed E-state index contributed by atoms with van der Waals surface area (Å²) in [5.41, 5.74) is 0. The quantitative estimate of drug-likeness (QED) is 0.347. The summed E-state index contributed by atoms with van der Waals surface area (Å²) in [6.07, 6.45) is 1.83. The molecule has 4 nitrogen and oxygen atoms in total. The Morgan fingerprint density at radius 2 is 1.92 bits per heavy atom. The molecule has 1 atom stereocenters. The predicted octanol–water partition coefficient (Wildman–Crippen LogP) is -2.95. The third kappa shape index (κ3) is 3.53. The first-order valence-corrected chi connectivity index (χ1v) is 4.96. The van der Waals surface area contributed by atoms with Gasteiger partial charge in [-0.2, -0.15) is 0 Å². The minimum atomic E-state index is -4.37. The Morgan fingerprint density at radius 3 is 2.25 bits per heavy atom. The van der Waals surface area contributed by atoms with E-state index < -0.39 is 21.2 Å². The Hall–Kier alpha value is 1.22. The van der Waals surface area contributed by atoms with E-state index in [4.69, 9.17) is 0 Å². The molecule has 64 valence electrons. The first-order valence-electron chi connectivity index (χ1n) is 3.49. The summed E-state index contributed by atoms with van der Waals surface area (Å²) in [4.78, 5) is 10.9. The van der Waals surface area contributed by atoms with Crippen molar-refractivity contribution in [2.24, 2.45) is 0 Å². The normalized spacial score (nSPS) is 24.8. The average Bonchev–Trinajstić information content (AvgIpc) is 1.86. The van der Waals surface area contributed by atoms with Crippen molar-refractivity contribution in [3.8, 4) is 0 Å². The molecule has 0 radical (unpaired) electrons. The molecular weight excluding hydrogens is 207 g/mol. The molecule has 1 rings (SSSR count). The van der Waals surface area contributed by atoms with Gasteiger partial charge in [0.15, 0.2) is 0 Å². The first kappa shape index (κ1) is 13.2. The fourth-order valence-electron chi connectivity index (χ4n) is 1.26. The third-order valence-corrected chi connectivity index (χ3v) is 3.04. The monoisotopic (exact) mass is 216 g/mol. The summed E-state index contributed by atoms with van der Waals surface area (Å²) in [7, 11) is -4.37. The first-order chi connectivity index (χ1) is 5.02. The van der Waals surface area contributed by atoms with E-state index in [1.807, 2.05) is 0 Å². The number of carbonyl (C=O) groups is 1. The van der Waals surface area contributed by atoms with Crippen LogP contribution in [0.2, 0.25) is 0 Å². The van der Waals surface area contributed by atoms with E-state index in [0.717, 1.165) is 0 Å². The minimum Gasteiger partial charge on any atom is -0.747 e. The van der Waals surface area contributed by atoms with Gasteiger partial charge in [0.2, 0.25) is 0 Å². The van der Waals surface area contributed by atoms with Gasteiger partial charge in [0.05, 0.1) is 0 Å². The molecule has 0 spiro atoms. The molecule has 0 aromatic carbocycles. The SMILES string of the molecule is O=C1CCCCC1S(=O)(=O)[O-].[K+]. The van der Waals surface area contributed by atoms with Gasteiger partial charge in [-0.25, -0.2) is 8.42 Å². The summed E-state index contributed by atoms with van der Waals surface area (Å²) in [5.74, 6) is -0.411. The van der Waals surface area contributed by atoms with Gasteiger partial charge in [-0.3, -0.25) is 4.79 Å². The van der Waals surface area contributed by atoms with Crippen molar-refractivity contribution in [1.82, 2.24) is 0 Å². The molecule has 0 N–H and O–H groups in total. The number of hydrogen-bond donors (Lipinski definition) is 0.